The zero-order valence-electron chi connectivity index (χ0n) is 17.4. The van der Waals surface area contributed by atoms with Crippen LogP contribution in [-0.4, -0.2) is 24.0 Å². The van der Waals surface area contributed by atoms with Crippen molar-refractivity contribution in [2.24, 2.45) is 5.41 Å². The second-order valence-corrected chi connectivity index (χ2v) is 7.99. The second-order valence-electron chi connectivity index (χ2n) is 7.99. The molecule has 0 amide bonds. The number of carbonyl (C=O) groups is 3. The molecule has 33 heavy (non-hydrogen) atoms. The maximum atomic E-state index is 13.9. The van der Waals surface area contributed by atoms with Gasteiger partial charge in [-0.05, 0) is 12.0 Å². The van der Waals surface area contributed by atoms with Crippen LogP contribution < -0.4 is 0 Å². The lowest BCUT2D eigenvalue weighted by molar-refractivity contribution is -0.0941. The number of halogens is 3. The van der Waals surface area contributed by atoms with Gasteiger partial charge in [-0.2, -0.15) is 13.2 Å². The molecule has 0 fully saturated rings. The van der Waals surface area contributed by atoms with Gasteiger partial charge in [0.15, 0.2) is 11.6 Å². The van der Waals surface area contributed by atoms with Crippen molar-refractivity contribution in [1.82, 2.24) is 0 Å². The number of alkyl halides is 3. The number of benzene rings is 3. The van der Waals surface area contributed by atoms with E-state index in [1.807, 2.05) is 0 Å². The van der Waals surface area contributed by atoms with Crippen molar-refractivity contribution in [3.63, 3.8) is 0 Å². The number of ketones is 2. The predicted octanol–water partition coefficient (Wildman–Crippen LogP) is 6.23. The van der Waals surface area contributed by atoms with Crippen LogP contribution in [-0.2, 0) is 0 Å². The van der Waals surface area contributed by atoms with Crippen LogP contribution in [0.25, 0.3) is 0 Å². The Balaban J connectivity index is 1.96. The third-order valence-electron chi connectivity index (χ3n) is 6.05. The standard InChI is InChI=1S/C27H19F3O3/c28-27(29,30)22-15-23(19-13-11-18(17-31)12-14-19)26(16-22,24(32)20-7-3-1-4-8-20)25(33)21-9-5-2-6-10-21/h1-15,17,23H,16H2. The van der Waals surface area contributed by atoms with Crippen molar-refractivity contribution in [3.8, 4) is 0 Å². The van der Waals surface area contributed by atoms with Crippen LogP contribution in [0.2, 0.25) is 0 Å². The van der Waals surface area contributed by atoms with Gasteiger partial charge in [-0.15, -0.1) is 0 Å². The molecule has 0 spiro atoms. The zero-order chi connectivity index (χ0) is 23.6. The van der Waals surface area contributed by atoms with E-state index >= 15 is 0 Å². The van der Waals surface area contributed by atoms with Gasteiger partial charge in [-0.25, -0.2) is 0 Å². The number of hydrogen-bond acceptors (Lipinski definition) is 3. The number of carbonyl (C=O) groups excluding carboxylic acids is 3. The predicted molar refractivity (Wildman–Crippen MR) is 117 cm³/mol. The molecule has 0 saturated carbocycles. The Kier molecular flexibility index (Phi) is 5.85. The summed E-state index contributed by atoms with van der Waals surface area (Å²) in [5.41, 5.74) is -1.92. The Labute approximate surface area is 188 Å². The minimum absolute atomic E-state index is 0.160. The fourth-order valence-corrected chi connectivity index (χ4v) is 4.41. The van der Waals surface area contributed by atoms with Gasteiger partial charge in [0.2, 0.25) is 0 Å². The van der Waals surface area contributed by atoms with Gasteiger partial charge in [0, 0.05) is 28.2 Å². The lowest BCUT2D eigenvalue weighted by Gasteiger charge is -2.33. The first-order valence-electron chi connectivity index (χ1n) is 10.3. The molecule has 0 saturated heterocycles. The zero-order valence-corrected chi connectivity index (χ0v) is 17.4. The monoisotopic (exact) mass is 448 g/mol. The van der Waals surface area contributed by atoms with Crippen LogP contribution in [0.15, 0.2) is 96.6 Å². The third-order valence-corrected chi connectivity index (χ3v) is 6.05. The number of hydrogen-bond donors (Lipinski definition) is 0. The van der Waals surface area contributed by atoms with E-state index in [2.05, 4.69) is 0 Å². The van der Waals surface area contributed by atoms with Crippen LogP contribution in [0.4, 0.5) is 13.2 Å². The second kappa shape index (κ2) is 8.62. The maximum Gasteiger partial charge on any atom is 0.412 e. The molecule has 1 aliphatic carbocycles. The highest BCUT2D eigenvalue weighted by molar-refractivity contribution is 6.21. The van der Waals surface area contributed by atoms with Crippen molar-refractivity contribution < 1.29 is 27.6 Å². The normalized spacial score (nSPS) is 17.3. The minimum Gasteiger partial charge on any atom is -0.298 e. The van der Waals surface area contributed by atoms with Crippen molar-refractivity contribution >= 4 is 17.9 Å². The van der Waals surface area contributed by atoms with Crippen molar-refractivity contribution in [2.75, 3.05) is 0 Å². The van der Waals surface area contributed by atoms with Gasteiger partial charge in [-0.1, -0.05) is 91.0 Å². The molecule has 1 atom stereocenters. The van der Waals surface area contributed by atoms with E-state index in [-0.39, 0.29) is 11.1 Å². The number of allylic oxidation sites excluding steroid dienone is 2. The van der Waals surface area contributed by atoms with E-state index in [1.165, 1.54) is 48.5 Å². The first-order chi connectivity index (χ1) is 15.8. The highest BCUT2D eigenvalue weighted by Crippen LogP contribution is 2.55. The van der Waals surface area contributed by atoms with E-state index in [0.717, 1.165) is 6.08 Å². The molecule has 0 aliphatic heterocycles. The summed E-state index contributed by atoms with van der Waals surface area (Å²) in [4.78, 5) is 38.8. The summed E-state index contributed by atoms with van der Waals surface area (Å²) < 4.78 is 41.7. The Hall–Kier alpha value is -3.80. The first kappa shape index (κ1) is 22.4. The van der Waals surface area contributed by atoms with Crippen molar-refractivity contribution in [3.05, 3.63) is 119 Å². The Bertz CT molecular complexity index is 1160. The summed E-state index contributed by atoms with van der Waals surface area (Å²) in [6, 6.07) is 21.7. The smallest absolute Gasteiger partial charge is 0.298 e. The molecule has 3 nitrogen and oxygen atoms in total. The van der Waals surface area contributed by atoms with E-state index in [9.17, 15) is 27.6 Å². The third kappa shape index (κ3) is 4.04. The molecular weight excluding hydrogens is 429 g/mol. The summed E-state index contributed by atoms with van der Waals surface area (Å²) in [6.45, 7) is 0. The molecule has 3 aromatic rings. The number of Topliss-reactive ketones (excluding diaryl/α,β-unsaturated/α-hetero) is 2. The largest absolute Gasteiger partial charge is 0.412 e. The van der Waals surface area contributed by atoms with E-state index < -0.39 is 41.1 Å². The average Bonchev–Trinajstić information content (AvgIpc) is 3.26. The Morgan fingerprint density at radius 2 is 1.27 bits per heavy atom. The van der Waals surface area contributed by atoms with Crippen LogP contribution >= 0.6 is 0 Å². The topological polar surface area (TPSA) is 51.2 Å². The fraction of sp³-hybridized carbons (Fsp3) is 0.148. The van der Waals surface area contributed by atoms with Crippen LogP contribution in [0.1, 0.15) is 49.0 Å². The van der Waals surface area contributed by atoms with Gasteiger partial charge < -0.3 is 0 Å². The van der Waals surface area contributed by atoms with Crippen molar-refractivity contribution in [1.29, 1.82) is 0 Å². The molecule has 1 aliphatic rings. The van der Waals surface area contributed by atoms with E-state index in [4.69, 9.17) is 0 Å². The van der Waals surface area contributed by atoms with Gasteiger partial charge in [0.1, 0.15) is 11.7 Å². The molecule has 4 rings (SSSR count). The summed E-state index contributed by atoms with van der Waals surface area (Å²) in [6.07, 6.45) is -3.86. The van der Waals surface area contributed by atoms with Crippen molar-refractivity contribution in [2.45, 2.75) is 18.5 Å². The van der Waals surface area contributed by atoms with Crippen LogP contribution in [0.5, 0.6) is 0 Å². The van der Waals surface area contributed by atoms with Gasteiger partial charge in [0.05, 0.1) is 0 Å². The molecule has 166 valence electrons. The highest BCUT2D eigenvalue weighted by atomic mass is 19.4. The van der Waals surface area contributed by atoms with Gasteiger partial charge in [-0.3, -0.25) is 14.4 Å². The quantitative estimate of drug-likeness (QED) is 0.195. The van der Waals surface area contributed by atoms with Gasteiger partial charge in [0.25, 0.3) is 0 Å². The molecule has 3 aromatic carbocycles. The van der Waals surface area contributed by atoms with Gasteiger partial charge >= 0.3 is 6.18 Å². The molecule has 0 heterocycles. The molecule has 6 heteroatoms. The molecule has 0 N–H and O–H groups in total. The summed E-state index contributed by atoms with van der Waals surface area (Å²) in [5, 5.41) is 0. The highest BCUT2D eigenvalue weighted by Gasteiger charge is 2.58. The summed E-state index contributed by atoms with van der Waals surface area (Å²) in [5.74, 6) is -2.50. The molecule has 1 unspecified atom stereocenters. The average molecular weight is 448 g/mol. The molecule has 0 aromatic heterocycles. The van der Waals surface area contributed by atoms with E-state index in [0.29, 0.717) is 17.4 Å². The summed E-state index contributed by atoms with van der Waals surface area (Å²) in [7, 11) is 0. The lowest BCUT2D eigenvalue weighted by atomic mass is 9.64. The minimum atomic E-state index is -4.70. The summed E-state index contributed by atoms with van der Waals surface area (Å²) >= 11 is 0. The van der Waals surface area contributed by atoms with Crippen LogP contribution in [0.3, 0.4) is 0 Å². The fourth-order valence-electron chi connectivity index (χ4n) is 4.41. The Morgan fingerprint density at radius 1 is 0.788 bits per heavy atom. The number of rotatable bonds is 6. The maximum absolute atomic E-state index is 13.9. The first-order valence-corrected chi connectivity index (χ1v) is 10.3. The number of aldehydes is 1. The Morgan fingerprint density at radius 3 is 1.70 bits per heavy atom. The molecular formula is C27H19F3O3. The van der Waals surface area contributed by atoms with Crippen LogP contribution in [0, 0.1) is 5.41 Å². The molecule has 0 radical (unpaired) electrons. The molecule has 0 bridgehead atoms. The SMILES string of the molecule is O=Cc1ccc(C2C=C(C(F)(F)F)CC2(C(=O)c2ccccc2)C(=O)c2ccccc2)cc1. The lowest BCUT2D eigenvalue weighted by Crippen LogP contribution is -2.42. The van der Waals surface area contributed by atoms with E-state index in [1.54, 1.807) is 36.4 Å².